The first kappa shape index (κ1) is 12.3. The number of hydrogen-bond acceptors (Lipinski definition) is 5. The Labute approximate surface area is 106 Å². The van der Waals surface area contributed by atoms with Gasteiger partial charge in [0, 0.05) is 19.3 Å². The summed E-state index contributed by atoms with van der Waals surface area (Å²) >= 11 is 0. The van der Waals surface area contributed by atoms with Gasteiger partial charge in [0.15, 0.2) is 0 Å². The molecule has 0 aliphatic carbocycles. The van der Waals surface area contributed by atoms with Crippen LogP contribution in [-0.4, -0.2) is 26.9 Å². The summed E-state index contributed by atoms with van der Waals surface area (Å²) in [6.07, 6.45) is 3.40. The van der Waals surface area contributed by atoms with Gasteiger partial charge in [0.05, 0.1) is 18.5 Å². The number of rotatable bonds is 4. The largest absolute Gasteiger partial charge is 0.481 e. The SMILES string of the molecule is COc1cc(Nc2cn(C)nc2C(C)C)ncn1. The van der Waals surface area contributed by atoms with Crippen molar-refractivity contribution in [1.82, 2.24) is 19.7 Å². The standard InChI is InChI=1S/C12H17N5O/c1-8(2)12-9(6-17(3)16-12)15-10-5-11(18-4)14-7-13-10/h5-8H,1-4H3,(H,13,14,15). The minimum atomic E-state index is 0.345. The summed E-state index contributed by atoms with van der Waals surface area (Å²) in [5.74, 6) is 1.57. The van der Waals surface area contributed by atoms with Crippen LogP contribution in [0.4, 0.5) is 11.5 Å². The van der Waals surface area contributed by atoms with Crippen LogP contribution in [0.1, 0.15) is 25.5 Å². The first-order valence-corrected chi connectivity index (χ1v) is 5.76. The molecular formula is C12H17N5O. The molecule has 2 rings (SSSR count). The lowest BCUT2D eigenvalue weighted by Crippen LogP contribution is -1.99. The molecule has 0 saturated heterocycles. The highest BCUT2D eigenvalue weighted by Gasteiger charge is 2.12. The van der Waals surface area contributed by atoms with Crippen molar-refractivity contribution in [3.63, 3.8) is 0 Å². The van der Waals surface area contributed by atoms with Crippen LogP contribution in [0.5, 0.6) is 5.88 Å². The molecule has 2 aromatic heterocycles. The van der Waals surface area contributed by atoms with E-state index in [2.05, 4.69) is 34.2 Å². The number of nitrogens with zero attached hydrogens (tertiary/aromatic N) is 4. The molecule has 18 heavy (non-hydrogen) atoms. The maximum Gasteiger partial charge on any atom is 0.218 e. The zero-order chi connectivity index (χ0) is 13.1. The van der Waals surface area contributed by atoms with Crippen molar-refractivity contribution in [3.05, 3.63) is 24.3 Å². The summed E-state index contributed by atoms with van der Waals surface area (Å²) < 4.78 is 6.85. The van der Waals surface area contributed by atoms with Crippen molar-refractivity contribution in [2.24, 2.45) is 7.05 Å². The summed E-state index contributed by atoms with van der Waals surface area (Å²) in [5.41, 5.74) is 1.96. The first-order valence-electron chi connectivity index (χ1n) is 5.76. The zero-order valence-electron chi connectivity index (χ0n) is 11.0. The quantitative estimate of drug-likeness (QED) is 0.896. The van der Waals surface area contributed by atoms with E-state index in [0.717, 1.165) is 11.4 Å². The lowest BCUT2D eigenvalue weighted by atomic mass is 10.1. The number of nitrogens with one attached hydrogen (secondary N) is 1. The molecule has 0 aliphatic heterocycles. The molecule has 0 unspecified atom stereocenters. The van der Waals surface area contributed by atoms with E-state index in [4.69, 9.17) is 4.74 Å². The molecule has 0 atom stereocenters. The Morgan fingerprint density at radius 1 is 1.33 bits per heavy atom. The Balaban J connectivity index is 2.27. The molecule has 0 saturated carbocycles. The Hall–Kier alpha value is -2.11. The summed E-state index contributed by atoms with van der Waals surface area (Å²) in [5, 5.41) is 7.66. The van der Waals surface area contributed by atoms with E-state index in [0.29, 0.717) is 17.6 Å². The topological polar surface area (TPSA) is 64.9 Å². The lowest BCUT2D eigenvalue weighted by molar-refractivity contribution is 0.397. The number of aryl methyl sites for hydroxylation is 1. The Kier molecular flexibility index (Phi) is 3.45. The average molecular weight is 247 g/mol. The summed E-state index contributed by atoms with van der Waals surface area (Å²) in [6.45, 7) is 4.21. The molecule has 2 heterocycles. The fraction of sp³-hybridized carbons (Fsp3) is 0.417. The maximum absolute atomic E-state index is 5.06. The number of methoxy groups -OCH3 is 1. The van der Waals surface area contributed by atoms with Gasteiger partial charge >= 0.3 is 0 Å². The minimum Gasteiger partial charge on any atom is -0.481 e. The number of anilines is 2. The molecule has 2 aromatic rings. The van der Waals surface area contributed by atoms with Gasteiger partial charge in [0.2, 0.25) is 5.88 Å². The third-order valence-corrected chi connectivity index (χ3v) is 2.52. The smallest absolute Gasteiger partial charge is 0.218 e. The number of hydrogen-bond donors (Lipinski definition) is 1. The van der Waals surface area contributed by atoms with Gasteiger partial charge in [0.1, 0.15) is 12.1 Å². The van der Waals surface area contributed by atoms with Crippen molar-refractivity contribution >= 4 is 11.5 Å². The van der Waals surface area contributed by atoms with Crippen LogP contribution < -0.4 is 10.1 Å². The lowest BCUT2D eigenvalue weighted by Gasteiger charge is -2.07. The Bertz CT molecular complexity index is 535. The van der Waals surface area contributed by atoms with Crippen LogP contribution >= 0.6 is 0 Å². The van der Waals surface area contributed by atoms with Gasteiger partial charge in [-0.2, -0.15) is 5.10 Å². The Morgan fingerprint density at radius 2 is 2.11 bits per heavy atom. The molecule has 0 bridgehead atoms. The molecule has 0 fully saturated rings. The van der Waals surface area contributed by atoms with E-state index in [-0.39, 0.29) is 0 Å². The summed E-state index contributed by atoms with van der Waals surface area (Å²) in [6, 6.07) is 1.75. The maximum atomic E-state index is 5.06. The highest BCUT2D eigenvalue weighted by atomic mass is 16.5. The Morgan fingerprint density at radius 3 is 2.78 bits per heavy atom. The fourth-order valence-corrected chi connectivity index (χ4v) is 1.69. The van der Waals surface area contributed by atoms with Crippen molar-refractivity contribution in [1.29, 1.82) is 0 Å². The third-order valence-electron chi connectivity index (χ3n) is 2.52. The predicted octanol–water partition coefficient (Wildman–Crippen LogP) is 2.09. The monoisotopic (exact) mass is 247 g/mol. The van der Waals surface area contributed by atoms with Crippen molar-refractivity contribution < 1.29 is 4.74 Å². The van der Waals surface area contributed by atoms with Gasteiger partial charge in [-0.3, -0.25) is 4.68 Å². The normalized spacial score (nSPS) is 10.7. The van der Waals surface area contributed by atoms with Gasteiger partial charge in [-0.1, -0.05) is 13.8 Å². The third kappa shape index (κ3) is 2.58. The van der Waals surface area contributed by atoms with Crippen LogP contribution in [0.25, 0.3) is 0 Å². The second-order valence-corrected chi connectivity index (χ2v) is 4.33. The average Bonchev–Trinajstić information content (AvgIpc) is 2.70. The van der Waals surface area contributed by atoms with Crippen LogP contribution in [-0.2, 0) is 7.05 Å². The second kappa shape index (κ2) is 5.03. The van der Waals surface area contributed by atoms with Crippen molar-refractivity contribution in [2.45, 2.75) is 19.8 Å². The van der Waals surface area contributed by atoms with E-state index in [1.165, 1.54) is 6.33 Å². The molecule has 0 radical (unpaired) electrons. The fourth-order valence-electron chi connectivity index (χ4n) is 1.69. The highest BCUT2D eigenvalue weighted by molar-refractivity contribution is 5.59. The molecule has 6 nitrogen and oxygen atoms in total. The predicted molar refractivity (Wildman–Crippen MR) is 69.2 cm³/mol. The van der Waals surface area contributed by atoms with Gasteiger partial charge < -0.3 is 10.1 Å². The summed E-state index contributed by atoms with van der Waals surface area (Å²) in [7, 11) is 3.48. The second-order valence-electron chi connectivity index (χ2n) is 4.33. The molecule has 0 aromatic carbocycles. The molecule has 6 heteroatoms. The minimum absolute atomic E-state index is 0.345. The molecule has 0 spiro atoms. The molecular weight excluding hydrogens is 230 g/mol. The van der Waals surface area contributed by atoms with Crippen LogP contribution in [0, 0.1) is 0 Å². The van der Waals surface area contributed by atoms with Crippen LogP contribution in [0.15, 0.2) is 18.6 Å². The molecule has 0 aliphatic rings. The number of aromatic nitrogens is 4. The van der Waals surface area contributed by atoms with Gasteiger partial charge in [-0.15, -0.1) is 0 Å². The van der Waals surface area contributed by atoms with Crippen molar-refractivity contribution in [2.75, 3.05) is 12.4 Å². The summed E-state index contributed by atoms with van der Waals surface area (Å²) in [4.78, 5) is 8.12. The van der Waals surface area contributed by atoms with Crippen LogP contribution in [0.2, 0.25) is 0 Å². The van der Waals surface area contributed by atoms with Gasteiger partial charge in [0.25, 0.3) is 0 Å². The van der Waals surface area contributed by atoms with E-state index < -0.39 is 0 Å². The van der Waals surface area contributed by atoms with Crippen molar-refractivity contribution in [3.8, 4) is 5.88 Å². The number of ether oxygens (including phenoxy) is 1. The molecule has 96 valence electrons. The molecule has 1 N–H and O–H groups in total. The van der Waals surface area contributed by atoms with E-state index in [1.807, 2.05) is 13.2 Å². The van der Waals surface area contributed by atoms with Gasteiger partial charge in [-0.05, 0) is 5.92 Å². The van der Waals surface area contributed by atoms with Crippen LogP contribution in [0.3, 0.4) is 0 Å². The van der Waals surface area contributed by atoms with E-state index >= 15 is 0 Å². The van der Waals surface area contributed by atoms with Gasteiger partial charge in [-0.25, -0.2) is 9.97 Å². The molecule has 0 amide bonds. The zero-order valence-corrected chi connectivity index (χ0v) is 11.0. The van der Waals surface area contributed by atoms with E-state index in [1.54, 1.807) is 17.9 Å². The first-order chi connectivity index (χ1) is 8.60. The highest BCUT2D eigenvalue weighted by Crippen LogP contribution is 2.25. The van der Waals surface area contributed by atoms with E-state index in [9.17, 15) is 0 Å².